The molecular formula is C17H21FN4O. The van der Waals surface area contributed by atoms with Gasteiger partial charge in [-0.2, -0.15) is 5.10 Å². The summed E-state index contributed by atoms with van der Waals surface area (Å²) in [5, 5.41) is 7.06. The van der Waals surface area contributed by atoms with E-state index in [-0.39, 0.29) is 24.3 Å². The highest BCUT2D eigenvalue weighted by atomic mass is 19.1. The first-order valence-corrected chi connectivity index (χ1v) is 7.90. The van der Waals surface area contributed by atoms with Gasteiger partial charge in [-0.15, -0.1) is 0 Å². The van der Waals surface area contributed by atoms with E-state index in [1.165, 1.54) is 6.07 Å². The van der Waals surface area contributed by atoms with Crippen LogP contribution in [0.2, 0.25) is 0 Å². The lowest BCUT2D eigenvalue weighted by molar-refractivity contribution is -0.122. The minimum atomic E-state index is -0.209. The zero-order chi connectivity index (χ0) is 16.2. The molecule has 2 heterocycles. The maximum atomic E-state index is 14.1. The zero-order valence-electron chi connectivity index (χ0n) is 13.2. The van der Waals surface area contributed by atoms with Crippen molar-refractivity contribution < 1.29 is 9.18 Å². The van der Waals surface area contributed by atoms with Crippen LogP contribution in [0.15, 0.2) is 36.7 Å². The number of nitrogens with zero attached hydrogens (tertiary/aromatic N) is 3. The number of anilines is 1. The molecule has 0 radical (unpaired) electrons. The maximum Gasteiger partial charge on any atom is 0.242 e. The normalized spacial score (nSPS) is 18.0. The molecule has 1 fully saturated rings. The van der Waals surface area contributed by atoms with E-state index in [2.05, 4.69) is 10.4 Å². The summed E-state index contributed by atoms with van der Waals surface area (Å²) in [6.07, 6.45) is 5.25. The summed E-state index contributed by atoms with van der Waals surface area (Å²) in [5.41, 5.74) is 1.65. The van der Waals surface area contributed by atoms with Crippen molar-refractivity contribution in [3.63, 3.8) is 0 Å². The van der Waals surface area contributed by atoms with Crippen LogP contribution in [0.4, 0.5) is 10.1 Å². The molecule has 0 spiro atoms. The molecule has 1 saturated heterocycles. The van der Waals surface area contributed by atoms with Crippen LogP contribution in [-0.2, 0) is 11.3 Å². The van der Waals surface area contributed by atoms with Crippen molar-refractivity contribution in [1.82, 2.24) is 15.1 Å². The van der Waals surface area contributed by atoms with Gasteiger partial charge < -0.3 is 10.2 Å². The molecule has 122 valence electrons. The van der Waals surface area contributed by atoms with Gasteiger partial charge >= 0.3 is 0 Å². The Balaban J connectivity index is 1.61. The van der Waals surface area contributed by atoms with Crippen molar-refractivity contribution in [3.05, 3.63) is 48.0 Å². The predicted octanol–water partition coefficient (Wildman–Crippen LogP) is 2.12. The Labute approximate surface area is 135 Å². The minimum absolute atomic E-state index is 0.0340. The summed E-state index contributed by atoms with van der Waals surface area (Å²) < 4.78 is 15.6. The van der Waals surface area contributed by atoms with Gasteiger partial charge in [0.2, 0.25) is 5.91 Å². The number of carbonyl (C=O) groups is 1. The van der Waals surface area contributed by atoms with Gasteiger partial charge in [0, 0.05) is 31.5 Å². The van der Waals surface area contributed by atoms with Crippen molar-refractivity contribution in [2.75, 3.05) is 18.0 Å². The van der Waals surface area contributed by atoms with Gasteiger partial charge in [-0.3, -0.25) is 9.48 Å². The zero-order valence-corrected chi connectivity index (χ0v) is 13.2. The van der Waals surface area contributed by atoms with Crippen molar-refractivity contribution in [3.8, 4) is 0 Å². The number of amides is 1. The molecule has 5 nitrogen and oxygen atoms in total. The second-order valence-electron chi connectivity index (χ2n) is 6.01. The Morgan fingerprint density at radius 3 is 3.13 bits per heavy atom. The number of piperidine rings is 1. The molecule has 1 aliphatic heterocycles. The topological polar surface area (TPSA) is 50.2 Å². The summed E-state index contributed by atoms with van der Waals surface area (Å²) in [6, 6.07) is 6.96. The molecule has 1 amide bonds. The van der Waals surface area contributed by atoms with E-state index < -0.39 is 0 Å². The lowest BCUT2D eigenvalue weighted by Gasteiger charge is -2.35. The molecule has 3 rings (SSSR count). The highest BCUT2D eigenvalue weighted by molar-refractivity contribution is 5.76. The van der Waals surface area contributed by atoms with Crippen LogP contribution >= 0.6 is 0 Å². The highest BCUT2D eigenvalue weighted by Crippen LogP contribution is 2.24. The van der Waals surface area contributed by atoms with Crippen molar-refractivity contribution in [2.24, 2.45) is 0 Å². The van der Waals surface area contributed by atoms with Gasteiger partial charge in [-0.1, -0.05) is 6.07 Å². The number of benzene rings is 1. The summed E-state index contributed by atoms with van der Waals surface area (Å²) in [7, 11) is 0. The van der Waals surface area contributed by atoms with Crippen LogP contribution in [0.5, 0.6) is 0 Å². The Hall–Kier alpha value is -2.37. The lowest BCUT2D eigenvalue weighted by Crippen LogP contribution is -2.48. The quantitative estimate of drug-likeness (QED) is 0.940. The first-order valence-electron chi connectivity index (χ1n) is 7.90. The van der Waals surface area contributed by atoms with Gasteiger partial charge in [-0.25, -0.2) is 4.39 Å². The molecule has 2 aromatic rings. The third-order valence-corrected chi connectivity index (χ3v) is 4.09. The average molecular weight is 316 g/mol. The first kappa shape index (κ1) is 15.5. The van der Waals surface area contributed by atoms with Gasteiger partial charge in [-0.05, 0) is 43.5 Å². The molecule has 1 N–H and O–H groups in total. The van der Waals surface area contributed by atoms with Crippen LogP contribution < -0.4 is 10.2 Å². The predicted molar refractivity (Wildman–Crippen MR) is 86.7 cm³/mol. The van der Waals surface area contributed by atoms with Crippen LogP contribution in [0.25, 0.3) is 0 Å². The Morgan fingerprint density at radius 2 is 2.35 bits per heavy atom. The smallest absolute Gasteiger partial charge is 0.242 e. The third kappa shape index (κ3) is 3.88. The molecule has 1 atom stereocenters. The van der Waals surface area contributed by atoms with E-state index in [0.717, 1.165) is 24.9 Å². The number of nitrogens with one attached hydrogen (secondary N) is 1. The van der Waals surface area contributed by atoms with E-state index in [1.807, 2.05) is 17.9 Å². The van der Waals surface area contributed by atoms with Crippen molar-refractivity contribution in [1.29, 1.82) is 0 Å². The number of aromatic nitrogens is 2. The van der Waals surface area contributed by atoms with Gasteiger partial charge in [0.25, 0.3) is 0 Å². The van der Waals surface area contributed by atoms with E-state index in [4.69, 9.17) is 0 Å². The van der Waals surface area contributed by atoms with E-state index in [0.29, 0.717) is 12.2 Å². The molecule has 0 aliphatic carbocycles. The van der Waals surface area contributed by atoms with E-state index >= 15 is 0 Å². The largest absolute Gasteiger partial charge is 0.367 e. The minimum Gasteiger partial charge on any atom is -0.367 e. The second-order valence-corrected chi connectivity index (χ2v) is 6.01. The molecule has 0 unspecified atom stereocenters. The maximum absolute atomic E-state index is 14.1. The molecule has 1 aromatic carbocycles. The Kier molecular flexibility index (Phi) is 4.60. The summed E-state index contributed by atoms with van der Waals surface area (Å²) in [6.45, 7) is 3.61. The number of halogens is 1. The SMILES string of the molecule is Cc1ccc(F)c(N2CCC[C@@H](NC(=O)Cn3cccn3)C2)c1. The molecule has 0 bridgehead atoms. The fourth-order valence-electron chi connectivity index (χ4n) is 2.99. The Morgan fingerprint density at radius 1 is 1.48 bits per heavy atom. The summed E-state index contributed by atoms with van der Waals surface area (Å²) in [5.74, 6) is -0.274. The van der Waals surface area contributed by atoms with Crippen molar-refractivity contribution in [2.45, 2.75) is 32.4 Å². The van der Waals surface area contributed by atoms with Crippen LogP contribution in [0.1, 0.15) is 18.4 Å². The van der Waals surface area contributed by atoms with E-state index in [9.17, 15) is 9.18 Å². The van der Waals surface area contributed by atoms with Gasteiger partial charge in [0.05, 0.1) is 5.69 Å². The average Bonchev–Trinajstić information content (AvgIpc) is 3.02. The van der Waals surface area contributed by atoms with Crippen LogP contribution in [0.3, 0.4) is 0 Å². The lowest BCUT2D eigenvalue weighted by atomic mass is 10.0. The van der Waals surface area contributed by atoms with Gasteiger partial charge in [0.1, 0.15) is 12.4 Å². The number of carbonyl (C=O) groups excluding carboxylic acids is 1. The second kappa shape index (κ2) is 6.81. The summed E-state index contributed by atoms with van der Waals surface area (Å²) >= 11 is 0. The molecule has 1 aliphatic rings. The Bertz CT molecular complexity index is 671. The number of rotatable bonds is 4. The fourth-order valence-corrected chi connectivity index (χ4v) is 2.99. The number of aryl methyl sites for hydroxylation is 1. The molecule has 0 saturated carbocycles. The van der Waals surface area contributed by atoms with Crippen LogP contribution in [0, 0.1) is 12.7 Å². The van der Waals surface area contributed by atoms with Gasteiger partial charge in [0.15, 0.2) is 0 Å². The third-order valence-electron chi connectivity index (χ3n) is 4.09. The van der Waals surface area contributed by atoms with E-state index in [1.54, 1.807) is 29.2 Å². The highest BCUT2D eigenvalue weighted by Gasteiger charge is 2.23. The number of hydrogen-bond acceptors (Lipinski definition) is 3. The standard InChI is InChI=1S/C17H21FN4O/c1-13-5-6-15(18)16(10-13)21-8-2-4-14(11-21)20-17(23)12-22-9-3-7-19-22/h3,5-7,9-10,14H,2,4,8,11-12H2,1H3,(H,20,23)/t14-/m1/s1. The first-order chi connectivity index (χ1) is 11.1. The monoisotopic (exact) mass is 316 g/mol. The van der Waals surface area contributed by atoms with Crippen LogP contribution in [-0.4, -0.2) is 34.8 Å². The molecule has 23 heavy (non-hydrogen) atoms. The summed E-state index contributed by atoms with van der Waals surface area (Å²) in [4.78, 5) is 14.1. The fraction of sp³-hybridized carbons (Fsp3) is 0.412. The molecular weight excluding hydrogens is 295 g/mol. The number of hydrogen-bond donors (Lipinski definition) is 1. The molecule has 6 heteroatoms. The van der Waals surface area contributed by atoms with Crippen molar-refractivity contribution >= 4 is 11.6 Å². The molecule has 1 aromatic heterocycles.